The second kappa shape index (κ2) is 8.21. The fourth-order valence-corrected chi connectivity index (χ4v) is 0.528. The molecule has 0 heterocycles. The largest absolute Gasteiger partial charge is 0.379 e. The molecule has 3 heteroatoms. The van der Waals surface area contributed by atoms with Gasteiger partial charge in [-0.15, -0.1) is 0 Å². The fraction of sp³-hybridized carbons (Fsp3) is 1.00. The van der Waals surface area contributed by atoms with Crippen molar-refractivity contribution < 1.29 is 9.47 Å². The van der Waals surface area contributed by atoms with Crippen LogP contribution in [0.5, 0.6) is 0 Å². The highest BCUT2D eigenvalue weighted by Crippen LogP contribution is 1.82. The molecule has 9 heavy (non-hydrogen) atoms. The molecule has 0 aromatic heterocycles. The van der Waals surface area contributed by atoms with Crippen LogP contribution in [0.15, 0.2) is 0 Å². The van der Waals surface area contributed by atoms with Crippen molar-refractivity contribution in [1.29, 1.82) is 0 Å². The second-order valence-electron chi connectivity index (χ2n) is 1.63. The summed E-state index contributed by atoms with van der Waals surface area (Å²) in [5, 5.41) is 0. The summed E-state index contributed by atoms with van der Waals surface area (Å²) in [7, 11) is 0. The van der Waals surface area contributed by atoms with Gasteiger partial charge in [0.2, 0.25) is 0 Å². The first-order chi connectivity index (χ1) is 4.41. The Bertz CT molecular complexity index is 44.3. The normalized spacial score (nSPS) is 10.0. The third-order valence-electron chi connectivity index (χ3n) is 0.798. The van der Waals surface area contributed by atoms with Crippen molar-refractivity contribution in [2.24, 2.45) is 0 Å². The lowest BCUT2D eigenvalue weighted by molar-refractivity contribution is 0.0646. The standard InChI is InChI=1S/C6H13ClO2/c1-2-3-8-4-5-9-6-7/h2-6H2,1H3. The van der Waals surface area contributed by atoms with E-state index in [1.807, 2.05) is 0 Å². The van der Waals surface area contributed by atoms with Crippen molar-refractivity contribution in [3.8, 4) is 0 Å². The highest BCUT2D eigenvalue weighted by atomic mass is 35.5. The van der Waals surface area contributed by atoms with E-state index < -0.39 is 0 Å². The molecule has 0 aliphatic carbocycles. The van der Waals surface area contributed by atoms with E-state index in [-0.39, 0.29) is 6.07 Å². The van der Waals surface area contributed by atoms with Gasteiger partial charge >= 0.3 is 0 Å². The predicted molar refractivity (Wildman–Crippen MR) is 37.8 cm³/mol. The van der Waals surface area contributed by atoms with Crippen molar-refractivity contribution >= 4 is 11.6 Å². The molecule has 0 saturated carbocycles. The lowest BCUT2D eigenvalue weighted by Crippen LogP contribution is -2.03. The minimum Gasteiger partial charge on any atom is -0.379 e. The van der Waals surface area contributed by atoms with Crippen LogP contribution in [-0.4, -0.2) is 25.9 Å². The van der Waals surface area contributed by atoms with Gasteiger partial charge in [0, 0.05) is 6.61 Å². The van der Waals surface area contributed by atoms with Crippen LogP contribution >= 0.6 is 11.6 Å². The molecule has 0 unspecified atom stereocenters. The molecule has 0 bridgehead atoms. The van der Waals surface area contributed by atoms with Crippen LogP contribution < -0.4 is 0 Å². The van der Waals surface area contributed by atoms with Gasteiger partial charge in [-0.25, -0.2) is 0 Å². The average molecular weight is 153 g/mol. The van der Waals surface area contributed by atoms with Crippen molar-refractivity contribution in [3.05, 3.63) is 0 Å². The summed E-state index contributed by atoms with van der Waals surface area (Å²) in [5.41, 5.74) is 0. The van der Waals surface area contributed by atoms with Crippen LogP contribution in [-0.2, 0) is 9.47 Å². The third kappa shape index (κ3) is 8.21. The molecule has 0 spiro atoms. The smallest absolute Gasteiger partial charge is 0.120 e. The summed E-state index contributed by atoms with van der Waals surface area (Å²) >= 11 is 5.24. The van der Waals surface area contributed by atoms with Crippen LogP contribution in [0.1, 0.15) is 13.3 Å². The van der Waals surface area contributed by atoms with Gasteiger partial charge in [-0.1, -0.05) is 18.5 Å². The molecule has 0 aliphatic rings. The van der Waals surface area contributed by atoms with E-state index in [0.29, 0.717) is 13.2 Å². The van der Waals surface area contributed by atoms with E-state index in [2.05, 4.69) is 6.92 Å². The molecule has 2 nitrogen and oxygen atoms in total. The maximum atomic E-state index is 5.24. The monoisotopic (exact) mass is 152 g/mol. The third-order valence-corrected chi connectivity index (χ3v) is 0.952. The number of hydrogen-bond acceptors (Lipinski definition) is 2. The Balaban J connectivity index is 2.60. The second-order valence-corrected chi connectivity index (χ2v) is 1.85. The van der Waals surface area contributed by atoms with Gasteiger partial charge in [-0.05, 0) is 6.42 Å². The molecular weight excluding hydrogens is 140 g/mol. The Hall–Kier alpha value is 0.210. The minimum atomic E-state index is 0.259. The predicted octanol–water partition coefficient (Wildman–Crippen LogP) is 1.63. The molecule has 0 aromatic carbocycles. The number of alkyl halides is 1. The number of halogens is 1. The zero-order valence-electron chi connectivity index (χ0n) is 5.73. The molecule has 0 amide bonds. The Kier molecular flexibility index (Phi) is 8.40. The van der Waals surface area contributed by atoms with Crippen LogP contribution in [0.4, 0.5) is 0 Å². The van der Waals surface area contributed by atoms with Crippen molar-refractivity contribution in [1.82, 2.24) is 0 Å². The van der Waals surface area contributed by atoms with Crippen LogP contribution in [0, 0.1) is 0 Å². The van der Waals surface area contributed by atoms with E-state index in [1.165, 1.54) is 0 Å². The van der Waals surface area contributed by atoms with Crippen molar-refractivity contribution in [2.45, 2.75) is 13.3 Å². The fourth-order valence-electron chi connectivity index (χ4n) is 0.419. The summed E-state index contributed by atoms with van der Waals surface area (Å²) in [6, 6.07) is 0.259. The van der Waals surface area contributed by atoms with Gasteiger partial charge in [0.25, 0.3) is 0 Å². The number of rotatable bonds is 6. The maximum Gasteiger partial charge on any atom is 0.120 e. The summed E-state index contributed by atoms with van der Waals surface area (Å²) < 4.78 is 9.92. The Morgan fingerprint density at radius 2 is 1.78 bits per heavy atom. The van der Waals surface area contributed by atoms with Gasteiger partial charge in [0.1, 0.15) is 6.07 Å². The van der Waals surface area contributed by atoms with E-state index in [1.54, 1.807) is 0 Å². The van der Waals surface area contributed by atoms with Crippen LogP contribution in [0.2, 0.25) is 0 Å². The first-order valence-corrected chi connectivity index (χ1v) is 3.66. The lowest BCUT2D eigenvalue weighted by atomic mass is 10.5. The number of ether oxygens (including phenoxy) is 2. The SMILES string of the molecule is CCCOCCOCCl. The molecule has 0 atom stereocenters. The van der Waals surface area contributed by atoms with Crippen LogP contribution in [0.25, 0.3) is 0 Å². The Labute approximate surface area is 61.1 Å². The lowest BCUT2D eigenvalue weighted by Gasteiger charge is -2.00. The molecule has 0 radical (unpaired) electrons. The van der Waals surface area contributed by atoms with Gasteiger partial charge in [0.05, 0.1) is 13.2 Å². The molecule has 0 N–H and O–H groups in total. The van der Waals surface area contributed by atoms with Gasteiger partial charge in [-0.2, -0.15) is 0 Å². The molecule has 0 aromatic rings. The van der Waals surface area contributed by atoms with Crippen molar-refractivity contribution in [3.63, 3.8) is 0 Å². The van der Waals surface area contributed by atoms with E-state index in [4.69, 9.17) is 21.1 Å². The zero-order chi connectivity index (χ0) is 6.95. The Morgan fingerprint density at radius 1 is 1.11 bits per heavy atom. The summed E-state index contributed by atoms with van der Waals surface area (Å²) in [4.78, 5) is 0. The van der Waals surface area contributed by atoms with Gasteiger partial charge in [0.15, 0.2) is 0 Å². The van der Waals surface area contributed by atoms with E-state index in [9.17, 15) is 0 Å². The minimum absolute atomic E-state index is 0.259. The quantitative estimate of drug-likeness (QED) is 0.426. The molecular formula is C6H13ClO2. The van der Waals surface area contributed by atoms with E-state index >= 15 is 0 Å². The summed E-state index contributed by atoms with van der Waals surface area (Å²) in [6.45, 7) is 4.14. The topological polar surface area (TPSA) is 18.5 Å². The van der Waals surface area contributed by atoms with Crippen molar-refractivity contribution in [2.75, 3.05) is 25.9 Å². The molecule has 0 aliphatic heterocycles. The molecule has 0 rings (SSSR count). The first-order valence-electron chi connectivity index (χ1n) is 3.13. The maximum absolute atomic E-state index is 5.24. The Morgan fingerprint density at radius 3 is 2.33 bits per heavy atom. The average Bonchev–Trinajstić information content (AvgIpc) is 1.89. The van der Waals surface area contributed by atoms with Crippen LogP contribution in [0.3, 0.4) is 0 Å². The number of hydrogen-bond donors (Lipinski definition) is 0. The first kappa shape index (κ1) is 9.21. The summed E-state index contributed by atoms with van der Waals surface area (Å²) in [5.74, 6) is 0. The summed E-state index contributed by atoms with van der Waals surface area (Å²) in [6.07, 6.45) is 1.06. The van der Waals surface area contributed by atoms with Gasteiger partial charge in [-0.3, -0.25) is 0 Å². The molecule has 56 valence electrons. The zero-order valence-corrected chi connectivity index (χ0v) is 6.49. The highest BCUT2D eigenvalue weighted by molar-refractivity contribution is 6.17. The molecule has 0 fully saturated rings. The molecule has 0 saturated heterocycles. The van der Waals surface area contributed by atoms with E-state index in [0.717, 1.165) is 13.0 Å². The van der Waals surface area contributed by atoms with Gasteiger partial charge < -0.3 is 9.47 Å². The highest BCUT2D eigenvalue weighted by Gasteiger charge is 1.84.